The Morgan fingerprint density at radius 3 is 2.79 bits per heavy atom. The highest BCUT2D eigenvalue weighted by Crippen LogP contribution is 2.27. The summed E-state index contributed by atoms with van der Waals surface area (Å²) < 4.78 is 0. The number of aromatic nitrogens is 3. The lowest BCUT2D eigenvalue weighted by Gasteiger charge is -2.32. The van der Waals surface area contributed by atoms with Crippen LogP contribution in [-0.4, -0.2) is 34.2 Å². The molecule has 3 aromatic rings. The number of hydrogen-bond donors (Lipinski definition) is 1. The van der Waals surface area contributed by atoms with E-state index in [9.17, 15) is 4.79 Å². The molecule has 1 aromatic carbocycles. The van der Waals surface area contributed by atoms with Crippen LogP contribution < -0.4 is 10.2 Å². The lowest BCUT2D eigenvalue weighted by atomic mass is 9.97. The number of nitrogens with zero attached hydrogens (tertiary/aromatic N) is 4. The van der Waals surface area contributed by atoms with Crippen LogP contribution in [0, 0.1) is 12.8 Å². The van der Waals surface area contributed by atoms with Gasteiger partial charge in [0.15, 0.2) is 16.1 Å². The van der Waals surface area contributed by atoms with Gasteiger partial charge in [0.1, 0.15) is 0 Å². The van der Waals surface area contributed by atoms with Gasteiger partial charge in [-0.15, -0.1) is 21.5 Å². The van der Waals surface area contributed by atoms with Gasteiger partial charge >= 0.3 is 0 Å². The van der Waals surface area contributed by atoms with Gasteiger partial charge in [0.25, 0.3) is 0 Å². The van der Waals surface area contributed by atoms with Gasteiger partial charge in [-0.1, -0.05) is 41.4 Å². The van der Waals surface area contributed by atoms with Crippen molar-refractivity contribution in [3.8, 4) is 11.3 Å². The number of hydrogen-bond acceptors (Lipinski definition) is 6. The summed E-state index contributed by atoms with van der Waals surface area (Å²) in [4.78, 5) is 19.4. The fourth-order valence-corrected chi connectivity index (χ4v) is 4.10. The first kappa shape index (κ1) is 18.8. The van der Waals surface area contributed by atoms with Crippen molar-refractivity contribution in [3.05, 3.63) is 52.5 Å². The Labute approximate surface area is 172 Å². The number of carbonyl (C=O) groups excluding carboxylic acids is 1. The van der Waals surface area contributed by atoms with Crippen molar-refractivity contribution in [1.29, 1.82) is 0 Å². The van der Waals surface area contributed by atoms with Crippen LogP contribution >= 0.6 is 22.9 Å². The van der Waals surface area contributed by atoms with E-state index in [-0.39, 0.29) is 11.8 Å². The van der Waals surface area contributed by atoms with Gasteiger partial charge in [0, 0.05) is 24.0 Å². The molecule has 0 aliphatic carbocycles. The normalized spacial score (nSPS) is 16.8. The molecule has 6 nitrogen and oxygen atoms in total. The number of nitrogens with one attached hydrogen (secondary N) is 1. The zero-order valence-corrected chi connectivity index (χ0v) is 17.0. The second kappa shape index (κ2) is 8.24. The summed E-state index contributed by atoms with van der Waals surface area (Å²) in [5.41, 5.74) is 3.13. The quantitative estimate of drug-likeness (QED) is 0.685. The first-order valence-corrected chi connectivity index (χ1v) is 10.4. The van der Waals surface area contributed by atoms with Crippen LogP contribution in [-0.2, 0) is 4.79 Å². The van der Waals surface area contributed by atoms with Gasteiger partial charge < -0.3 is 10.2 Å². The zero-order chi connectivity index (χ0) is 19.5. The van der Waals surface area contributed by atoms with Gasteiger partial charge in [0.05, 0.1) is 11.6 Å². The van der Waals surface area contributed by atoms with Crippen molar-refractivity contribution in [2.45, 2.75) is 19.8 Å². The summed E-state index contributed by atoms with van der Waals surface area (Å²) in [6.07, 6.45) is 1.77. The molecule has 2 aromatic heterocycles. The Hall–Kier alpha value is -2.51. The van der Waals surface area contributed by atoms with Crippen molar-refractivity contribution in [2.75, 3.05) is 23.3 Å². The minimum Gasteiger partial charge on any atom is -0.354 e. The maximum absolute atomic E-state index is 12.8. The summed E-state index contributed by atoms with van der Waals surface area (Å²) in [7, 11) is 0. The fraction of sp³-hybridized carbons (Fsp3) is 0.300. The van der Waals surface area contributed by atoms with Crippen molar-refractivity contribution in [1.82, 2.24) is 15.2 Å². The van der Waals surface area contributed by atoms with Crippen molar-refractivity contribution in [2.24, 2.45) is 5.92 Å². The molecule has 0 radical (unpaired) electrons. The third-order valence-electron chi connectivity index (χ3n) is 4.82. The number of halogens is 1. The molecule has 1 saturated heterocycles. The third-order valence-corrected chi connectivity index (χ3v) is 5.78. The Morgan fingerprint density at radius 1 is 1.21 bits per heavy atom. The highest BCUT2D eigenvalue weighted by Gasteiger charge is 2.27. The average Bonchev–Trinajstić information content (AvgIpc) is 3.17. The average molecular weight is 414 g/mol. The number of amides is 1. The van der Waals surface area contributed by atoms with Gasteiger partial charge in [-0.25, -0.2) is 4.98 Å². The van der Waals surface area contributed by atoms with Crippen molar-refractivity contribution in [3.63, 3.8) is 0 Å². The predicted octanol–water partition coefficient (Wildman–Crippen LogP) is 4.42. The molecule has 1 unspecified atom stereocenters. The second-order valence-electron chi connectivity index (χ2n) is 6.89. The molecule has 4 rings (SSSR count). The molecule has 28 heavy (non-hydrogen) atoms. The molecule has 1 atom stereocenters. The molecule has 1 aliphatic heterocycles. The van der Waals surface area contributed by atoms with Crippen molar-refractivity contribution < 1.29 is 4.79 Å². The molecule has 3 heterocycles. The summed E-state index contributed by atoms with van der Waals surface area (Å²) >= 11 is 7.26. The number of rotatable bonds is 4. The van der Waals surface area contributed by atoms with Gasteiger partial charge in [-0.05, 0) is 31.9 Å². The van der Waals surface area contributed by atoms with Crippen LogP contribution in [0.4, 0.5) is 10.9 Å². The van der Waals surface area contributed by atoms with E-state index in [1.165, 1.54) is 16.9 Å². The standard InChI is InChI=1S/C20H20ClN5OS/c1-13-4-6-14(7-5-13)16-12-28-20(22-16)23-19(27)15-3-2-10-26(11-15)18-9-8-17(21)24-25-18/h4-9,12,15H,2-3,10-11H2,1H3,(H,22,23,27). The van der Waals surface area contributed by atoms with Gasteiger partial charge in [-0.3, -0.25) is 4.79 Å². The maximum Gasteiger partial charge on any atom is 0.231 e. The molecular weight excluding hydrogens is 394 g/mol. The Balaban J connectivity index is 1.40. The molecule has 1 aliphatic rings. The lowest BCUT2D eigenvalue weighted by molar-refractivity contribution is -0.120. The number of thiazole rings is 1. The predicted molar refractivity (Wildman–Crippen MR) is 113 cm³/mol. The van der Waals surface area contributed by atoms with E-state index in [1.807, 2.05) is 23.6 Å². The summed E-state index contributed by atoms with van der Waals surface area (Å²) in [6, 6.07) is 11.8. The van der Waals surface area contributed by atoms with Gasteiger partial charge in [0.2, 0.25) is 5.91 Å². The minimum absolute atomic E-state index is 0.00331. The number of benzene rings is 1. The van der Waals surface area contributed by atoms with E-state index < -0.39 is 0 Å². The highest BCUT2D eigenvalue weighted by atomic mass is 35.5. The van der Waals surface area contributed by atoms with Crippen LogP contribution in [0.5, 0.6) is 0 Å². The second-order valence-corrected chi connectivity index (χ2v) is 8.14. The molecule has 0 bridgehead atoms. The first-order chi connectivity index (χ1) is 13.6. The first-order valence-electron chi connectivity index (χ1n) is 9.16. The smallest absolute Gasteiger partial charge is 0.231 e. The van der Waals surface area contributed by atoms with Crippen LogP contribution in [0.3, 0.4) is 0 Å². The maximum atomic E-state index is 12.8. The van der Waals surface area contributed by atoms with Gasteiger partial charge in [-0.2, -0.15) is 0 Å². The fourth-order valence-electron chi connectivity index (χ4n) is 3.27. The van der Waals surface area contributed by atoms with Crippen LogP contribution in [0.15, 0.2) is 41.8 Å². The number of carbonyl (C=O) groups is 1. The topological polar surface area (TPSA) is 71.0 Å². The number of piperidine rings is 1. The minimum atomic E-state index is -0.113. The van der Waals surface area contributed by atoms with Crippen LogP contribution in [0.2, 0.25) is 5.15 Å². The summed E-state index contributed by atoms with van der Waals surface area (Å²) in [6.45, 7) is 3.52. The van der Waals surface area contributed by atoms with E-state index in [1.54, 1.807) is 6.07 Å². The molecule has 0 spiro atoms. The van der Waals surface area contributed by atoms with E-state index in [0.29, 0.717) is 16.8 Å². The molecule has 1 fully saturated rings. The Kier molecular flexibility index (Phi) is 5.54. The molecule has 1 amide bonds. The van der Waals surface area contributed by atoms with Crippen LogP contribution in [0.1, 0.15) is 18.4 Å². The SMILES string of the molecule is Cc1ccc(-c2csc(NC(=O)C3CCCN(c4ccc(Cl)nn4)C3)n2)cc1. The molecular formula is C20H20ClN5OS. The van der Waals surface area contributed by atoms with E-state index in [0.717, 1.165) is 36.5 Å². The monoisotopic (exact) mass is 413 g/mol. The number of anilines is 2. The number of aryl methyl sites for hydroxylation is 1. The molecule has 144 valence electrons. The van der Waals surface area contributed by atoms with E-state index in [2.05, 4.69) is 44.5 Å². The summed E-state index contributed by atoms with van der Waals surface area (Å²) in [5, 5.41) is 14.0. The molecule has 0 saturated carbocycles. The van der Waals surface area contributed by atoms with Crippen molar-refractivity contribution >= 4 is 39.8 Å². The molecule has 1 N–H and O–H groups in total. The van der Waals surface area contributed by atoms with E-state index in [4.69, 9.17) is 11.6 Å². The summed E-state index contributed by atoms with van der Waals surface area (Å²) in [5.74, 6) is 0.632. The Morgan fingerprint density at radius 2 is 2.04 bits per heavy atom. The third kappa shape index (κ3) is 4.31. The van der Waals surface area contributed by atoms with Crippen LogP contribution in [0.25, 0.3) is 11.3 Å². The largest absolute Gasteiger partial charge is 0.354 e. The lowest BCUT2D eigenvalue weighted by Crippen LogP contribution is -2.41. The zero-order valence-electron chi connectivity index (χ0n) is 15.4. The Bertz CT molecular complexity index is 957. The molecule has 8 heteroatoms. The highest BCUT2D eigenvalue weighted by molar-refractivity contribution is 7.14. The van der Waals surface area contributed by atoms with E-state index >= 15 is 0 Å².